The van der Waals surface area contributed by atoms with E-state index in [0.29, 0.717) is 11.6 Å². The molecule has 6 heteroatoms. The Balaban J connectivity index is 2.66. The lowest BCUT2D eigenvalue weighted by atomic mass is 10.5. The first-order valence-electron chi connectivity index (χ1n) is 3.94. The largest absolute Gasteiger partial charge is 0.421 e. The van der Waals surface area contributed by atoms with Gasteiger partial charge in [0.15, 0.2) is 5.75 Å². The molecule has 3 N–H and O–H groups in total. The van der Waals surface area contributed by atoms with E-state index in [1.807, 2.05) is 0 Å². The van der Waals surface area contributed by atoms with Gasteiger partial charge in [0.1, 0.15) is 11.7 Å². The van der Waals surface area contributed by atoms with Crippen LogP contribution in [-0.2, 0) is 0 Å². The Morgan fingerprint density at radius 2 is 2.07 bits per heavy atom. The number of aromatic nitrogens is 2. The van der Waals surface area contributed by atoms with Crippen molar-refractivity contribution in [2.24, 2.45) is 10.7 Å². The van der Waals surface area contributed by atoms with Gasteiger partial charge >= 0.3 is 6.02 Å². The minimum absolute atomic E-state index is 0.267. The van der Waals surface area contributed by atoms with Gasteiger partial charge < -0.3 is 10.5 Å². The van der Waals surface area contributed by atoms with Crippen molar-refractivity contribution < 1.29 is 4.74 Å². The van der Waals surface area contributed by atoms with Gasteiger partial charge in [-0.2, -0.15) is 4.99 Å². The highest BCUT2D eigenvalue weighted by Crippen LogP contribution is 2.05. The Morgan fingerprint density at radius 3 is 2.57 bits per heavy atom. The van der Waals surface area contributed by atoms with E-state index in [-0.39, 0.29) is 11.9 Å². The van der Waals surface area contributed by atoms with Crippen molar-refractivity contribution in [3.63, 3.8) is 0 Å². The average molecular weight is 193 g/mol. The number of nitrogens with zero attached hydrogens (tertiary/aromatic N) is 3. The Morgan fingerprint density at radius 1 is 1.50 bits per heavy atom. The molecule has 0 fully saturated rings. The molecule has 14 heavy (non-hydrogen) atoms. The summed E-state index contributed by atoms with van der Waals surface area (Å²) in [6, 6.07) is -0.280. The second-order valence-electron chi connectivity index (χ2n) is 2.63. The maximum atomic E-state index is 7.26. The lowest BCUT2D eigenvalue weighted by Gasteiger charge is -2.01. The van der Waals surface area contributed by atoms with E-state index in [1.165, 1.54) is 12.4 Å². The van der Waals surface area contributed by atoms with Crippen LogP contribution < -0.4 is 10.5 Å². The SMILES string of the molecule is CC(N)=NC(=N)Oc1cnc(C)nc1. The number of aryl methyl sites for hydroxylation is 1. The lowest BCUT2D eigenvalue weighted by Crippen LogP contribution is -2.12. The molecule has 0 aliphatic carbocycles. The molecule has 0 aromatic carbocycles. The predicted octanol–water partition coefficient (Wildman–Crippen LogP) is 0.476. The molecule has 1 aromatic rings. The molecule has 0 spiro atoms. The zero-order valence-corrected chi connectivity index (χ0v) is 7.98. The van der Waals surface area contributed by atoms with E-state index in [0.717, 1.165) is 0 Å². The number of aliphatic imine (C=N–C) groups is 1. The highest BCUT2D eigenvalue weighted by Gasteiger charge is 1.99. The smallest absolute Gasteiger partial charge is 0.316 e. The van der Waals surface area contributed by atoms with Crippen molar-refractivity contribution in [3.05, 3.63) is 18.2 Å². The fourth-order valence-electron chi connectivity index (χ4n) is 0.728. The molecular weight excluding hydrogens is 182 g/mol. The number of rotatable bonds is 1. The van der Waals surface area contributed by atoms with Crippen LogP contribution in [0, 0.1) is 12.3 Å². The van der Waals surface area contributed by atoms with Crippen molar-refractivity contribution in [2.45, 2.75) is 13.8 Å². The molecule has 1 heterocycles. The van der Waals surface area contributed by atoms with Gasteiger partial charge in [0, 0.05) is 0 Å². The molecule has 6 nitrogen and oxygen atoms in total. The molecule has 0 saturated heterocycles. The van der Waals surface area contributed by atoms with Crippen LogP contribution in [0.3, 0.4) is 0 Å². The summed E-state index contributed by atoms with van der Waals surface area (Å²) in [5.41, 5.74) is 5.27. The second-order valence-corrected chi connectivity index (χ2v) is 2.63. The van der Waals surface area contributed by atoms with Crippen LogP contribution in [0.2, 0.25) is 0 Å². The van der Waals surface area contributed by atoms with Crippen molar-refractivity contribution in [3.8, 4) is 5.75 Å². The van der Waals surface area contributed by atoms with Crippen molar-refractivity contribution in [2.75, 3.05) is 0 Å². The molecule has 0 aliphatic heterocycles. The molecule has 0 saturated carbocycles. The Bertz CT molecular complexity index is 352. The third-order valence-corrected chi connectivity index (χ3v) is 1.25. The number of nitrogens with one attached hydrogen (secondary N) is 1. The maximum absolute atomic E-state index is 7.26. The van der Waals surface area contributed by atoms with Gasteiger partial charge in [-0.15, -0.1) is 0 Å². The first-order chi connectivity index (χ1) is 6.58. The standard InChI is InChI=1S/C8H11N5O/c1-5(9)13-8(10)14-7-3-11-6(2)12-4-7/h3-4H,1-2H3,(H3,9,10,13). The molecule has 0 bridgehead atoms. The van der Waals surface area contributed by atoms with E-state index >= 15 is 0 Å². The topological polar surface area (TPSA) is 97.2 Å². The molecule has 0 amide bonds. The quantitative estimate of drug-likeness (QED) is 0.500. The highest BCUT2D eigenvalue weighted by molar-refractivity contribution is 5.90. The molecular formula is C8H11N5O. The van der Waals surface area contributed by atoms with Gasteiger partial charge in [-0.25, -0.2) is 15.4 Å². The lowest BCUT2D eigenvalue weighted by molar-refractivity contribution is 0.530. The summed E-state index contributed by atoms with van der Waals surface area (Å²) < 4.78 is 4.97. The maximum Gasteiger partial charge on any atom is 0.316 e. The van der Waals surface area contributed by atoms with Crippen molar-refractivity contribution in [1.82, 2.24) is 9.97 Å². The van der Waals surface area contributed by atoms with Gasteiger partial charge in [0.2, 0.25) is 0 Å². The van der Waals surface area contributed by atoms with E-state index in [2.05, 4.69) is 15.0 Å². The van der Waals surface area contributed by atoms with Crippen molar-refractivity contribution >= 4 is 11.9 Å². The van der Waals surface area contributed by atoms with Gasteiger partial charge in [0.25, 0.3) is 0 Å². The third kappa shape index (κ3) is 3.18. The highest BCUT2D eigenvalue weighted by atomic mass is 16.5. The molecule has 74 valence electrons. The minimum atomic E-state index is -0.280. The van der Waals surface area contributed by atoms with Crippen LogP contribution in [0.5, 0.6) is 5.75 Å². The van der Waals surface area contributed by atoms with Crippen LogP contribution >= 0.6 is 0 Å². The number of amidine groups is 2. The van der Waals surface area contributed by atoms with E-state index < -0.39 is 0 Å². The second kappa shape index (κ2) is 4.31. The number of hydrogen-bond acceptors (Lipinski definition) is 4. The van der Waals surface area contributed by atoms with E-state index in [1.54, 1.807) is 13.8 Å². The van der Waals surface area contributed by atoms with Crippen LogP contribution in [0.15, 0.2) is 17.4 Å². The van der Waals surface area contributed by atoms with Crippen LogP contribution in [-0.4, -0.2) is 21.8 Å². The zero-order valence-electron chi connectivity index (χ0n) is 7.98. The summed E-state index contributed by atoms with van der Waals surface area (Å²) in [5, 5.41) is 7.26. The van der Waals surface area contributed by atoms with E-state index in [4.69, 9.17) is 15.9 Å². The monoisotopic (exact) mass is 193 g/mol. The fourth-order valence-corrected chi connectivity index (χ4v) is 0.728. The molecule has 0 radical (unpaired) electrons. The Kier molecular flexibility index (Phi) is 3.11. The average Bonchev–Trinajstić information content (AvgIpc) is 2.07. The third-order valence-electron chi connectivity index (χ3n) is 1.25. The molecule has 1 aromatic heterocycles. The van der Waals surface area contributed by atoms with Gasteiger partial charge in [-0.3, -0.25) is 0 Å². The van der Waals surface area contributed by atoms with Gasteiger partial charge in [-0.05, 0) is 13.8 Å². The Hall–Kier alpha value is -1.98. The zero-order chi connectivity index (χ0) is 10.6. The summed E-state index contributed by atoms with van der Waals surface area (Å²) in [6.07, 6.45) is 2.94. The summed E-state index contributed by atoms with van der Waals surface area (Å²) >= 11 is 0. The van der Waals surface area contributed by atoms with Gasteiger partial charge in [-0.1, -0.05) is 0 Å². The minimum Gasteiger partial charge on any atom is -0.421 e. The first-order valence-corrected chi connectivity index (χ1v) is 3.94. The van der Waals surface area contributed by atoms with Gasteiger partial charge in [0.05, 0.1) is 12.4 Å². The predicted molar refractivity (Wildman–Crippen MR) is 52.4 cm³/mol. The number of hydrogen-bond donors (Lipinski definition) is 2. The Labute approximate surface area is 81.4 Å². The van der Waals surface area contributed by atoms with Crippen LogP contribution in [0.25, 0.3) is 0 Å². The normalized spacial score (nSPS) is 11.1. The summed E-state index contributed by atoms with van der Waals surface area (Å²) in [5.74, 6) is 1.27. The summed E-state index contributed by atoms with van der Waals surface area (Å²) in [4.78, 5) is 11.4. The summed E-state index contributed by atoms with van der Waals surface area (Å²) in [6.45, 7) is 3.33. The molecule has 0 atom stereocenters. The fraction of sp³-hybridized carbons (Fsp3) is 0.250. The van der Waals surface area contributed by atoms with Crippen LogP contribution in [0.1, 0.15) is 12.7 Å². The van der Waals surface area contributed by atoms with Crippen LogP contribution in [0.4, 0.5) is 0 Å². The molecule has 1 rings (SSSR count). The molecule has 0 aliphatic rings. The number of nitrogens with two attached hydrogens (primary N) is 1. The number of ether oxygens (including phenoxy) is 1. The summed E-state index contributed by atoms with van der Waals surface area (Å²) in [7, 11) is 0. The molecule has 0 unspecified atom stereocenters. The van der Waals surface area contributed by atoms with Crippen molar-refractivity contribution in [1.29, 1.82) is 5.41 Å². The van der Waals surface area contributed by atoms with E-state index in [9.17, 15) is 0 Å². The first kappa shape index (κ1) is 10.1.